The lowest BCUT2D eigenvalue weighted by Crippen LogP contribution is -2.27. The first-order valence-electron chi connectivity index (χ1n) is 10.4. The molecule has 9 nitrogen and oxygen atoms in total. The van der Waals surface area contributed by atoms with Gasteiger partial charge in [-0.15, -0.1) is 0 Å². The number of primary amides is 1. The highest BCUT2D eigenvalue weighted by atomic mass is 32.2. The number of pyridine rings is 2. The molecule has 4 aromatic rings. The van der Waals surface area contributed by atoms with Gasteiger partial charge in [0.25, 0.3) is 17.2 Å². The molecule has 4 rings (SSSR count). The minimum Gasteiger partial charge on any atom is -0.364 e. The molecule has 4 N–H and O–H groups in total. The zero-order valence-corrected chi connectivity index (χ0v) is 19.1. The highest BCUT2D eigenvalue weighted by Gasteiger charge is 2.27. The molecule has 1 atom stereocenters. The van der Waals surface area contributed by atoms with Gasteiger partial charge < -0.3 is 10.7 Å². The molecule has 12 heteroatoms. The van der Waals surface area contributed by atoms with Crippen molar-refractivity contribution in [3.05, 3.63) is 77.4 Å². The lowest BCUT2D eigenvalue weighted by Gasteiger charge is -2.20. The van der Waals surface area contributed by atoms with Crippen LogP contribution in [0.3, 0.4) is 0 Å². The monoisotopic (exact) mass is 499 g/mol. The number of amides is 1. The van der Waals surface area contributed by atoms with Crippen molar-refractivity contribution >= 4 is 39.7 Å². The number of aromatic nitrogens is 3. The van der Waals surface area contributed by atoms with Gasteiger partial charge in [0.15, 0.2) is 5.82 Å². The molecule has 0 aliphatic heterocycles. The van der Waals surface area contributed by atoms with E-state index in [-0.39, 0.29) is 23.5 Å². The second-order valence-corrected chi connectivity index (χ2v) is 8.44. The zero-order chi connectivity index (χ0) is 25.3. The van der Waals surface area contributed by atoms with Crippen LogP contribution < -0.4 is 10.0 Å². The van der Waals surface area contributed by atoms with E-state index < -0.39 is 40.2 Å². The first-order chi connectivity index (χ1) is 16.7. The number of carbonyl (C=O) groups excluding carboxylic acids is 2. The summed E-state index contributed by atoms with van der Waals surface area (Å²) >= 11 is -2.57. The number of anilines is 1. The number of nitrogens with one attached hydrogen (secondary N) is 1. The standard InChI is InChI=1S/C23H19F2N5O4S/c1-2-7-30(35(33)34)18-6-4-16(24)19(20(18)25)21(31)15-11-29-23-14(15)8-13(10-28-23)12-3-5-17(22(26)32)27-9-12/h3-6,8-11H,2,7H2,1H3,(H2,26,32)(H,28,29)(H,33,34). The molecule has 1 amide bonds. The Labute approximate surface area is 200 Å². The summed E-state index contributed by atoms with van der Waals surface area (Å²) in [4.78, 5) is 35.6. The highest BCUT2D eigenvalue weighted by Crippen LogP contribution is 2.31. The van der Waals surface area contributed by atoms with E-state index >= 15 is 4.39 Å². The molecule has 0 aliphatic rings. The van der Waals surface area contributed by atoms with Crippen molar-refractivity contribution in [2.45, 2.75) is 13.3 Å². The van der Waals surface area contributed by atoms with Gasteiger partial charge in [-0.1, -0.05) is 13.0 Å². The third kappa shape index (κ3) is 4.53. The van der Waals surface area contributed by atoms with Gasteiger partial charge in [0.2, 0.25) is 5.78 Å². The third-order valence-electron chi connectivity index (χ3n) is 5.31. The molecule has 0 fully saturated rings. The maximum Gasteiger partial charge on any atom is 0.267 e. The van der Waals surface area contributed by atoms with Crippen LogP contribution in [0.4, 0.5) is 14.5 Å². The molecule has 3 aromatic heterocycles. The van der Waals surface area contributed by atoms with Crippen LogP contribution in [-0.2, 0) is 11.3 Å². The number of carbonyl (C=O) groups is 2. The number of fused-ring (bicyclic) bond motifs is 1. The van der Waals surface area contributed by atoms with Gasteiger partial charge >= 0.3 is 0 Å². The molecule has 0 saturated heterocycles. The van der Waals surface area contributed by atoms with E-state index in [1.54, 1.807) is 19.1 Å². The van der Waals surface area contributed by atoms with Gasteiger partial charge in [-0.05, 0) is 30.7 Å². The van der Waals surface area contributed by atoms with Crippen LogP contribution in [-0.4, -0.2) is 41.9 Å². The first kappa shape index (κ1) is 24.1. The fraction of sp³-hybridized carbons (Fsp3) is 0.130. The van der Waals surface area contributed by atoms with Crippen LogP contribution >= 0.6 is 0 Å². The number of hydrogen-bond acceptors (Lipinski definition) is 5. The Hall–Kier alpha value is -4.03. The van der Waals surface area contributed by atoms with E-state index in [0.717, 1.165) is 16.4 Å². The number of nitrogens with zero attached hydrogens (tertiary/aromatic N) is 3. The highest BCUT2D eigenvalue weighted by molar-refractivity contribution is 7.80. The Morgan fingerprint density at radius 3 is 2.51 bits per heavy atom. The predicted molar refractivity (Wildman–Crippen MR) is 126 cm³/mol. The molecule has 0 radical (unpaired) electrons. The van der Waals surface area contributed by atoms with Gasteiger partial charge in [0.1, 0.15) is 17.2 Å². The predicted octanol–water partition coefficient (Wildman–Crippen LogP) is 3.59. The van der Waals surface area contributed by atoms with Crippen molar-refractivity contribution in [3.8, 4) is 11.1 Å². The van der Waals surface area contributed by atoms with E-state index in [1.807, 2.05) is 0 Å². The fourth-order valence-electron chi connectivity index (χ4n) is 3.62. The third-order valence-corrected chi connectivity index (χ3v) is 6.06. The summed E-state index contributed by atoms with van der Waals surface area (Å²) < 4.78 is 52.1. The summed E-state index contributed by atoms with van der Waals surface area (Å²) in [5.74, 6) is -4.00. The molecule has 180 valence electrons. The smallest absolute Gasteiger partial charge is 0.267 e. The van der Waals surface area contributed by atoms with Crippen molar-refractivity contribution in [1.29, 1.82) is 0 Å². The fourth-order valence-corrected chi connectivity index (χ4v) is 4.27. The number of hydrogen-bond donors (Lipinski definition) is 3. The average Bonchev–Trinajstić information content (AvgIpc) is 3.26. The van der Waals surface area contributed by atoms with Crippen molar-refractivity contribution in [3.63, 3.8) is 0 Å². The number of rotatable bonds is 8. The molecule has 0 saturated carbocycles. The van der Waals surface area contributed by atoms with Crippen molar-refractivity contribution in [2.75, 3.05) is 10.8 Å². The Bertz CT molecular complexity index is 1470. The van der Waals surface area contributed by atoms with Gasteiger partial charge in [0, 0.05) is 47.2 Å². The summed E-state index contributed by atoms with van der Waals surface area (Å²) in [6.45, 7) is 1.74. The van der Waals surface area contributed by atoms with Crippen LogP contribution in [0.1, 0.15) is 39.8 Å². The van der Waals surface area contributed by atoms with Crippen LogP contribution in [0.5, 0.6) is 0 Å². The lowest BCUT2D eigenvalue weighted by atomic mass is 10.00. The van der Waals surface area contributed by atoms with Gasteiger partial charge in [0.05, 0.1) is 11.3 Å². The molecule has 0 aliphatic carbocycles. The number of halogens is 2. The maximum atomic E-state index is 15.3. The van der Waals surface area contributed by atoms with Crippen LogP contribution in [0.15, 0.2) is 48.9 Å². The number of ketones is 1. The largest absolute Gasteiger partial charge is 0.364 e. The Kier molecular flexibility index (Phi) is 6.67. The summed E-state index contributed by atoms with van der Waals surface area (Å²) in [7, 11) is 0. The van der Waals surface area contributed by atoms with Gasteiger partial charge in [-0.2, -0.15) is 0 Å². The lowest BCUT2D eigenvalue weighted by molar-refractivity contribution is 0.0993. The number of benzene rings is 1. The number of aromatic amines is 1. The Morgan fingerprint density at radius 2 is 1.89 bits per heavy atom. The molecule has 3 heterocycles. The quantitative estimate of drug-likeness (QED) is 0.250. The van der Waals surface area contributed by atoms with E-state index in [0.29, 0.717) is 28.6 Å². The molecular formula is C23H19F2N5O4S. The second-order valence-electron chi connectivity index (χ2n) is 7.54. The molecule has 35 heavy (non-hydrogen) atoms. The van der Waals surface area contributed by atoms with E-state index in [1.165, 1.54) is 24.7 Å². The summed E-state index contributed by atoms with van der Waals surface area (Å²) in [5, 5.41) is 0.298. The van der Waals surface area contributed by atoms with E-state index in [4.69, 9.17) is 5.73 Å². The normalized spacial score (nSPS) is 12.0. The first-order valence-corrected chi connectivity index (χ1v) is 11.4. The number of H-pyrrole nitrogens is 1. The molecular weight excluding hydrogens is 480 g/mol. The second kappa shape index (κ2) is 9.68. The van der Waals surface area contributed by atoms with Crippen molar-refractivity contribution in [2.24, 2.45) is 5.73 Å². The van der Waals surface area contributed by atoms with Crippen LogP contribution in [0.25, 0.3) is 22.2 Å². The van der Waals surface area contributed by atoms with Crippen LogP contribution in [0.2, 0.25) is 0 Å². The minimum absolute atomic E-state index is 0.0161. The van der Waals surface area contributed by atoms with E-state index in [9.17, 15) is 22.7 Å². The van der Waals surface area contributed by atoms with Crippen molar-refractivity contribution in [1.82, 2.24) is 15.0 Å². The minimum atomic E-state index is -2.57. The average molecular weight is 499 g/mol. The maximum absolute atomic E-state index is 15.3. The van der Waals surface area contributed by atoms with Crippen LogP contribution in [0, 0.1) is 11.6 Å². The molecule has 1 aromatic carbocycles. The topological polar surface area (TPSA) is 142 Å². The van der Waals surface area contributed by atoms with Gasteiger partial charge in [-0.3, -0.25) is 23.4 Å². The summed E-state index contributed by atoms with van der Waals surface area (Å²) in [6.07, 6.45) is 4.63. The van der Waals surface area contributed by atoms with Gasteiger partial charge in [-0.25, -0.2) is 18.0 Å². The van der Waals surface area contributed by atoms with E-state index in [2.05, 4.69) is 15.0 Å². The summed E-state index contributed by atoms with van der Waals surface area (Å²) in [5.41, 5.74) is 5.44. The Balaban J connectivity index is 1.79. The molecule has 1 unspecified atom stereocenters. The summed E-state index contributed by atoms with van der Waals surface area (Å²) in [6, 6.07) is 6.53. The molecule has 0 spiro atoms. The zero-order valence-electron chi connectivity index (χ0n) is 18.3. The molecule has 0 bridgehead atoms. The Morgan fingerprint density at radius 1 is 1.14 bits per heavy atom. The van der Waals surface area contributed by atoms with Crippen molar-refractivity contribution < 1.29 is 27.1 Å². The SMILES string of the molecule is CCCN(c1ccc(F)c(C(=O)c2c[nH]c3ncc(-c4ccc(C(N)=O)nc4)cc23)c1F)S(=O)O. The number of nitrogens with two attached hydrogens (primary N) is 1.